The van der Waals surface area contributed by atoms with Gasteiger partial charge in [-0.3, -0.25) is 4.79 Å². The standard InChI is InChI=1S/C27H39ClN6O4S/c1-33-13-7-9-20(17-33)30-26(35)19-11-12-22(25(15-19)38-3)31-27-29-16-21(28)23(32-27)14-18-8-5-6-10-24(18)34(2)39(4,36)37/h11-12,15-16,18,20,24H,5-10,13-14,17H2,1-4H3,(H,30,35)(H,29,31,32)/t18-,20?,24+/m0/s1. The Morgan fingerprint density at radius 2 is 2.00 bits per heavy atom. The van der Waals surface area contributed by atoms with Crippen molar-refractivity contribution >= 4 is 39.2 Å². The van der Waals surface area contributed by atoms with Crippen LogP contribution in [0.1, 0.15) is 54.6 Å². The second-order valence-corrected chi connectivity index (χ2v) is 13.1. The number of nitrogens with one attached hydrogen (secondary N) is 2. The van der Waals surface area contributed by atoms with Crippen LogP contribution < -0.4 is 15.4 Å². The summed E-state index contributed by atoms with van der Waals surface area (Å²) in [6, 6.07) is 5.26. The monoisotopic (exact) mass is 578 g/mol. The lowest BCUT2D eigenvalue weighted by Gasteiger charge is -2.36. The highest BCUT2D eigenvalue weighted by molar-refractivity contribution is 7.88. The first-order valence-corrected chi connectivity index (χ1v) is 15.7. The Kier molecular flexibility index (Phi) is 9.69. The van der Waals surface area contributed by atoms with Crippen LogP contribution in [0.4, 0.5) is 11.6 Å². The lowest BCUT2D eigenvalue weighted by molar-refractivity contribution is 0.0912. The van der Waals surface area contributed by atoms with E-state index in [0.29, 0.717) is 40.1 Å². The molecule has 2 N–H and O–H groups in total. The zero-order valence-corrected chi connectivity index (χ0v) is 24.7. The van der Waals surface area contributed by atoms with Crippen LogP contribution >= 0.6 is 11.6 Å². The maximum absolute atomic E-state index is 12.9. The summed E-state index contributed by atoms with van der Waals surface area (Å²) >= 11 is 6.48. The van der Waals surface area contributed by atoms with Gasteiger partial charge >= 0.3 is 0 Å². The third kappa shape index (κ3) is 7.59. The van der Waals surface area contributed by atoms with Crippen molar-refractivity contribution in [1.29, 1.82) is 0 Å². The number of rotatable bonds is 9. The number of aromatic nitrogens is 2. The Balaban J connectivity index is 1.48. The number of methoxy groups -OCH3 is 1. The molecule has 4 rings (SSSR count). The van der Waals surface area contributed by atoms with Gasteiger partial charge in [-0.15, -0.1) is 0 Å². The minimum absolute atomic E-state index is 0.0935. The Labute approximate surface area is 236 Å². The van der Waals surface area contributed by atoms with E-state index in [-0.39, 0.29) is 23.9 Å². The van der Waals surface area contributed by atoms with Gasteiger partial charge in [-0.05, 0) is 69.8 Å². The number of sulfonamides is 1. The van der Waals surface area contributed by atoms with Crippen molar-refractivity contribution in [3.05, 3.63) is 40.7 Å². The van der Waals surface area contributed by atoms with Crippen LogP contribution in [0.2, 0.25) is 5.02 Å². The normalized spacial score (nSPS) is 22.5. The number of nitrogens with zero attached hydrogens (tertiary/aromatic N) is 4. The lowest BCUT2D eigenvalue weighted by Crippen LogP contribution is -2.46. The highest BCUT2D eigenvalue weighted by atomic mass is 35.5. The average molecular weight is 579 g/mol. The van der Waals surface area contributed by atoms with E-state index in [1.807, 2.05) is 0 Å². The summed E-state index contributed by atoms with van der Waals surface area (Å²) in [7, 11) is 1.96. The zero-order valence-electron chi connectivity index (χ0n) is 23.1. The Morgan fingerprint density at radius 1 is 1.23 bits per heavy atom. The molecule has 1 amide bonds. The first-order chi connectivity index (χ1) is 18.5. The van der Waals surface area contributed by atoms with Gasteiger partial charge in [-0.1, -0.05) is 24.4 Å². The summed E-state index contributed by atoms with van der Waals surface area (Å²) in [6.45, 7) is 1.89. The Hall–Kier alpha value is -2.47. The first-order valence-electron chi connectivity index (χ1n) is 13.4. The Morgan fingerprint density at radius 3 is 2.72 bits per heavy atom. The van der Waals surface area contributed by atoms with Crippen molar-refractivity contribution < 1.29 is 17.9 Å². The SMILES string of the molecule is COc1cc(C(=O)NC2CCCN(C)C2)ccc1Nc1ncc(Cl)c(C[C@@H]2CCCC[C@H]2N(C)S(C)(=O)=O)n1. The highest BCUT2D eigenvalue weighted by Crippen LogP contribution is 2.33. The number of likely N-dealkylation sites (N-methyl/N-ethyl adjacent to an activating group) is 1. The van der Waals surface area contributed by atoms with Crippen LogP contribution in [-0.2, 0) is 16.4 Å². The smallest absolute Gasteiger partial charge is 0.251 e. The zero-order chi connectivity index (χ0) is 28.2. The van der Waals surface area contributed by atoms with Crippen LogP contribution in [0.5, 0.6) is 5.75 Å². The third-order valence-electron chi connectivity index (χ3n) is 7.80. The topological polar surface area (TPSA) is 117 Å². The van der Waals surface area contributed by atoms with Gasteiger partial charge in [-0.2, -0.15) is 0 Å². The van der Waals surface area contributed by atoms with Crippen molar-refractivity contribution in [1.82, 2.24) is 24.5 Å². The number of benzene rings is 1. The lowest BCUT2D eigenvalue weighted by atomic mass is 9.81. The van der Waals surface area contributed by atoms with Crippen molar-refractivity contribution in [2.45, 2.75) is 57.0 Å². The van der Waals surface area contributed by atoms with Crippen LogP contribution in [0, 0.1) is 5.92 Å². The van der Waals surface area contributed by atoms with Crippen molar-refractivity contribution in [2.24, 2.45) is 5.92 Å². The van der Waals surface area contributed by atoms with E-state index in [0.717, 1.165) is 51.6 Å². The predicted molar refractivity (Wildman–Crippen MR) is 153 cm³/mol. The van der Waals surface area contributed by atoms with E-state index < -0.39 is 10.0 Å². The molecule has 12 heteroatoms. The number of hydrogen-bond acceptors (Lipinski definition) is 8. The fourth-order valence-corrected chi connectivity index (χ4v) is 6.55. The van der Waals surface area contributed by atoms with Gasteiger partial charge < -0.3 is 20.3 Å². The summed E-state index contributed by atoms with van der Waals surface area (Å²) in [6.07, 6.45) is 9.14. The second-order valence-electron chi connectivity index (χ2n) is 10.7. The second kappa shape index (κ2) is 12.8. The number of carbonyl (C=O) groups is 1. The molecule has 10 nitrogen and oxygen atoms in total. The van der Waals surface area contributed by atoms with E-state index in [1.54, 1.807) is 38.6 Å². The highest BCUT2D eigenvalue weighted by Gasteiger charge is 2.33. The molecule has 1 unspecified atom stereocenters. The number of halogens is 1. The molecule has 2 fully saturated rings. The molecule has 0 radical (unpaired) electrons. The Bertz CT molecular complexity index is 1280. The molecule has 2 aromatic rings. The van der Waals surface area contributed by atoms with Gasteiger partial charge in [0.05, 0.1) is 36.0 Å². The minimum Gasteiger partial charge on any atom is -0.495 e. The maximum Gasteiger partial charge on any atom is 0.251 e. The maximum atomic E-state index is 12.9. The summed E-state index contributed by atoms with van der Waals surface area (Å²) < 4.78 is 31.5. The van der Waals surface area contributed by atoms with Gasteiger partial charge in [0.1, 0.15) is 5.75 Å². The van der Waals surface area contributed by atoms with Gasteiger partial charge in [-0.25, -0.2) is 22.7 Å². The van der Waals surface area contributed by atoms with E-state index in [1.165, 1.54) is 10.6 Å². The molecule has 0 bridgehead atoms. The summed E-state index contributed by atoms with van der Waals surface area (Å²) in [4.78, 5) is 24.1. The molecule has 1 aliphatic carbocycles. The summed E-state index contributed by atoms with van der Waals surface area (Å²) in [5.74, 6) is 0.811. The molecular formula is C27H39ClN6O4S. The quantitative estimate of drug-likeness (QED) is 0.463. The predicted octanol–water partition coefficient (Wildman–Crippen LogP) is 3.70. The van der Waals surface area contributed by atoms with E-state index in [9.17, 15) is 13.2 Å². The molecule has 2 aliphatic rings. The number of likely N-dealkylation sites (tertiary alicyclic amines) is 1. The number of hydrogen-bond donors (Lipinski definition) is 2. The van der Waals surface area contributed by atoms with Crippen LogP contribution in [0.25, 0.3) is 0 Å². The number of amides is 1. The molecule has 1 saturated heterocycles. The fraction of sp³-hybridized carbons (Fsp3) is 0.593. The van der Waals surface area contributed by atoms with E-state index in [4.69, 9.17) is 16.3 Å². The molecule has 1 saturated carbocycles. The van der Waals surface area contributed by atoms with Gasteiger partial charge in [0.15, 0.2) is 0 Å². The molecule has 1 aliphatic heterocycles. The number of carbonyl (C=O) groups excluding carboxylic acids is 1. The van der Waals surface area contributed by atoms with Crippen molar-refractivity contribution in [3.8, 4) is 5.75 Å². The number of piperidine rings is 1. The third-order valence-corrected chi connectivity index (χ3v) is 9.43. The molecule has 1 aromatic heterocycles. The fourth-order valence-electron chi connectivity index (χ4n) is 5.61. The molecule has 1 aromatic carbocycles. The summed E-state index contributed by atoms with van der Waals surface area (Å²) in [5.41, 5.74) is 1.80. The van der Waals surface area contributed by atoms with Gasteiger partial charge in [0.2, 0.25) is 16.0 Å². The molecule has 2 heterocycles. The molecule has 0 spiro atoms. The molecule has 39 heavy (non-hydrogen) atoms. The largest absolute Gasteiger partial charge is 0.495 e. The van der Waals surface area contributed by atoms with Gasteiger partial charge in [0.25, 0.3) is 5.91 Å². The number of ether oxygens (including phenoxy) is 1. The first kappa shape index (κ1) is 29.5. The average Bonchev–Trinajstić information content (AvgIpc) is 2.90. The van der Waals surface area contributed by atoms with E-state index >= 15 is 0 Å². The minimum atomic E-state index is -3.30. The van der Waals surface area contributed by atoms with Crippen molar-refractivity contribution in [2.75, 3.05) is 45.9 Å². The van der Waals surface area contributed by atoms with Crippen LogP contribution in [-0.4, -0.2) is 86.1 Å². The summed E-state index contributed by atoms with van der Waals surface area (Å²) in [5, 5.41) is 6.76. The van der Waals surface area contributed by atoms with Crippen molar-refractivity contribution in [3.63, 3.8) is 0 Å². The van der Waals surface area contributed by atoms with E-state index in [2.05, 4.69) is 32.5 Å². The van der Waals surface area contributed by atoms with Crippen LogP contribution in [0.3, 0.4) is 0 Å². The molecule has 214 valence electrons. The van der Waals surface area contributed by atoms with Gasteiger partial charge in [0, 0.05) is 31.2 Å². The number of anilines is 2. The van der Waals surface area contributed by atoms with Crippen LogP contribution in [0.15, 0.2) is 24.4 Å². The molecule has 3 atom stereocenters. The molecular weight excluding hydrogens is 540 g/mol.